The van der Waals surface area contributed by atoms with Crippen molar-refractivity contribution < 1.29 is 32.9 Å². The zero-order chi connectivity index (χ0) is 72.2. The topological polar surface area (TPSA) is 185 Å². The predicted octanol–water partition coefficient (Wildman–Crippen LogP) is 13.7. The average Bonchev–Trinajstić information content (AvgIpc) is 1.67. The van der Waals surface area contributed by atoms with E-state index in [0.29, 0.717) is 60.4 Å². The Bertz CT molecular complexity index is 3540. The highest BCUT2D eigenvalue weighted by molar-refractivity contribution is 14.1. The van der Waals surface area contributed by atoms with Gasteiger partial charge in [0.25, 0.3) is 0 Å². The predicted molar refractivity (Wildman–Crippen MR) is 475 cm³/mol. The Labute approximate surface area is 715 Å². The van der Waals surface area contributed by atoms with Crippen molar-refractivity contribution in [3.8, 4) is 12.3 Å². The molecule has 12 saturated heterocycles. The van der Waals surface area contributed by atoms with Crippen LogP contribution in [0.5, 0.6) is 0 Å². The van der Waals surface area contributed by atoms with Crippen LogP contribution < -0.4 is 30.2 Å². The molecule has 17 rings (SSSR count). The second-order valence-corrected chi connectivity index (χ2v) is 36.7. The van der Waals surface area contributed by atoms with Gasteiger partial charge in [-0.3, -0.25) is 19.6 Å². The highest BCUT2D eigenvalue weighted by Crippen LogP contribution is 2.39. The second kappa shape index (κ2) is 43.4. The second-order valence-electron chi connectivity index (χ2n) is 29.9. The van der Waals surface area contributed by atoms with E-state index in [0.717, 1.165) is 162 Å². The van der Waals surface area contributed by atoms with E-state index in [1.54, 1.807) is 12.3 Å². The monoisotopic (exact) mass is 2020 g/mol. The summed E-state index contributed by atoms with van der Waals surface area (Å²) in [5.41, 5.74) is 0.0224. The van der Waals surface area contributed by atoms with Crippen LogP contribution >= 0.6 is 115 Å². The molecule has 0 radical (unpaired) electrons. The number of nitrogens with one attached hydrogen (secondary N) is 2. The first-order valence-electron chi connectivity index (χ1n) is 35.6. The van der Waals surface area contributed by atoms with E-state index in [-0.39, 0.29) is 77.0 Å². The molecule has 0 saturated carbocycles. The Morgan fingerprint density at radius 2 is 0.785 bits per heavy atom. The number of ether oxygens (including phenoxy) is 4. The molecule has 12 aliphatic rings. The number of nitrogens with zero attached hydrogens (tertiary/aromatic N) is 13. The van der Waals surface area contributed by atoms with Gasteiger partial charge in [-0.05, 0) is 257 Å². The van der Waals surface area contributed by atoms with Crippen molar-refractivity contribution in [2.45, 2.75) is 212 Å². The average molecular weight is 2020 g/mol. The van der Waals surface area contributed by atoms with Crippen LogP contribution in [-0.2, 0) is 50.2 Å². The van der Waals surface area contributed by atoms with Crippen LogP contribution in [0.15, 0.2) is 91.6 Å². The van der Waals surface area contributed by atoms with Crippen molar-refractivity contribution in [1.82, 2.24) is 55.2 Å². The number of pyridine rings is 5. The number of terminal acetylenes is 1. The van der Waals surface area contributed by atoms with E-state index in [9.17, 15) is 14.0 Å². The molecule has 17 heterocycles. The maximum atomic E-state index is 12.4. The van der Waals surface area contributed by atoms with Crippen molar-refractivity contribution in [3.05, 3.63) is 117 Å². The summed E-state index contributed by atoms with van der Waals surface area (Å²) in [6.07, 6.45) is 26.4. The summed E-state index contributed by atoms with van der Waals surface area (Å²) >= 11 is 17.2. The normalized spacial score (nSPS) is 25.5. The first-order valence-corrected chi connectivity index (χ1v) is 42.6. The summed E-state index contributed by atoms with van der Waals surface area (Å²) in [6, 6.07) is 26.3. The minimum Gasteiger partial charge on any atom is -0.444 e. The third-order valence-corrected chi connectivity index (χ3v) is 23.0. The molecule has 0 spiro atoms. The van der Waals surface area contributed by atoms with Crippen molar-refractivity contribution >= 4 is 182 Å². The van der Waals surface area contributed by atoms with Crippen molar-refractivity contribution in [2.24, 2.45) is 0 Å². The van der Waals surface area contributed by atoms with Crippen LogP contribution in [0.2, 0.25) is 0 Å². The molecule has 2 N–H and O–H groups in total. The fourth-order valence-electron chi connectivity index (χ4n) is 16.0. The third-order valence-electron chi connectivity index (χ3n) is 20.5. The molecule has 31 heteroatoms. The van der Waals surface area contributed by atoms with Crippen LogP contribution in [0.25, 0.3) is 0 Å². The zero-order valence-corrected chi connectivity index (χ0v) is 72.5. The van der Waals surface area contributed by atoms with E-state index >= 15 is 0 Å². The van der Waals surface area contributed by atoms with Crippen molar-refractivity contribution in [1.29, 1.82) is 0 Å². The van der Waals surface area contributed by atoms with Gasteiger partial charge in [-0.2, -0.15) is 4.39 Å². The number of rotatable bonds is 6. The van der Waals surface area contributed by atoms with Crippen LogP contribution in [0.4, 0.5) is 37.3 Å². The Hall–Kier alpha value is -3.10. The molecule has 10 unspecified atom stereocenters. The lowest BCUT2D eigenvalue weighted by Crippen LogP contribution is -2.62. The summed E-state index contributed by atoms with van der Waals surface area (Å²) in [5.74, 6) is 6.53. The third kappa shape index (κ3) is 25.7. The highest BCUT2D eigenvalue weighted by Gasteiger charge is 2.49. The number of hydrogen-bond acceptors (Lipinski definition) is 21. The Balaban J connectivity index is 0.000000201. The standard InChI is InChI=1S/C16H22IN3O2.C16H19N3O.C14H18IN3O.C11H14IN3.C11H20N2O2.C5H3FIN.3CH4.2ClH.S3/c1-16(2,3)22-15(21)20-12-5-6-13(20)10-19(9-12)14-7-4-11(17)8-18-14;1-2-12-3-6-16(17-7-12)18-8-13-4-5-14(9-18)19(13)15-10-20-11-15;15-10-1-4-14(16-5-10)17-6-11-2-3-12(7-17)18(11)13-8-19-9-13;12-8-1-4-11(13-5-8)15-6-9-2-3-10(7-15)14-9;1-11(2,3)15-10(14)13-8-4-5-9(13)7-12-6-8;6-5-2-1-4(7)3-8-5;;;;;;1-3-2/h4,7-8,12-13H,5-6,9-10H2,1-3H3;1,3,6-7,13-15H,4-5,8-11H2;1,4-5,11-13H,2-3,6-9H2;1,4-5,9-10,14H,2-3,6-7H2;8-9,12H,4-7H2,1-3H3;1-3H;3*1H4;2*1H;. The van der Waals surface area contributed by atoms with Gasteiger partial charge in [0.15, 0.2) is 0 Å². The number of hydrogen-bond donors (Lipinski definition) is 2. The largest absolute Gasteiger partial charge is 0.444 e. The number of halogens is 7. The van der Waals surface area contributed by atoms with Crippen molar-refractivity contribution in [2.75, 3.05) is 111 Å². The summed E-state index contributed by atoms with van der Waals surface area (Å²) in [4.78, 5) is 64.8. The summed E-state index contributed by atoms with van der Waals surface area (Å²) in [5, 5.41) is 6.98. The minimum absolute atomic E-state index is 0. The number of carbonyl (C=O) groups is 2. The molecular formula is C76H110Cl2FI4N15O6S3. The molecule has 5 aromatic rings. The number of amides is 2. The molecule has 5 aromatic heterocycles. The highest BCUT2D eigenvalue weighted by atomic mass is 127. The molecule has 107 heavy (non-hydrogen) atoms. The fraction of sp³-hybridized carbons (Fsp3) is 0.618. The van der Waals surface area contributed by atoms with Gasteiger partial charge in [-0.15, -0.1) is 31.2 Å². The number of aromatic nitrogens is 5. The first kappa shape index (κ1) is 92.8. The lowest BCUT2D eigenvalue weighted by atomic mass is 10.1. The molecule has 21 nitrogen and oxygen atoms in total. The van der Waals surface area contributed by atoms with Gasteiger partial charge in [0.1, 0.15) is 34.5 Å². The van der Waals surface area contributed by atoms with Crippen LogP contribution in [0.1, 0.15) is 134 Å². The van der Waals surface area contributed by atoms with E-state index in [4.69, 9.17) is 25.4 Å². The zero-order valence-electron chi connectivity index (χ0n) is 59.8. The summed E-state index contributed by atoms with van der Waals surface area (Å²) in [7, 11) is 0.917. The first-order chi connectivity index (χ1) is 49.0. The maximum Gasteiger partial charge on any atom is 0.410 e. The Morgan fingerprint density at radius 1 is 0.477 bits per heavy atom. The molecule has 2 amide bonds. The van der Waals surface area contributed by atoms with E-state index in [1.807, 2.05) is 76.0 Å². The summed E-state index contributed by atoms with van der Waals surface area (Å²) in [6.45, 7) is 25.3. The molecule has 0 aliphatic carbocycles. The van der Waals surface area contributed by atoms with Gasteiger partial charge in [0.05, 0.1) is 50.6 Å². The minimum atomic E-state index is -0.439. The molecular weight excluding hydrogens is 1910 g/mol. The van der Waals surface area contributed by atoms with Gasteiger partial charge in [0.2, 0.25) is 5.95 Å². The quantitative estimate of drug-likeness (QED) is 0.0928. The SMILES string of the molecule is C.C.C.C#Cc1ccc(N2CC3CCC(C2)N3C2COC2)nc1.CC(C)(C)OC(=O)N1C2CCC1CN(c1ccc(I)cn1)C2.CC(C)(C)OC(=O)N1C2CCC1CNC2.Cl.Cl.Fc1ccc(I)cn1.Ic1ccc(N2CC3CCC(C2)N3)nc1.Ic1ccc(N2CC3CCC(C2)N3C2COC2)nc1.S=S=S. The van der Waals surface area contributed by atoms with Gasteiger partial charge in [0, 0.05) is 196 Å². The lowest BCUT2D eigenvalue weighted by molar-refractivity contribution is -0.0850. The van der Waals surface area contributed by atoms with Crippen LogP contribution in [-0.4, -0.2) is 232 Å². The van der Waals surface area contributed by atoms with Gasteiger partial charge in [-0.25, -0.2) is 34.5 Å². The smallest absolute Gasteiger partial charge is 0.410 e. The molecule has 12 fully saturated rings. The maximum absolute atomic E-state index is 12.4. The van der Waals surface area contributed by atoms with Crippen LogP contribution in [0.3, 0.4) is 0 Å². The summed E-state index contributed by atoms with van der Waals surface area (Å²) < 4.78 is 38.2. The van der Waals surface area contributed by atoms with E-state index in [2.05, 4.69) is 226 Å². The number of piperazine rings is 5. The van der Waals surface area contributed by atoms with E-state index in [1.165, 1.54) is 57.9 Å². The molecule has 10 bridgehead atoms. The van der Waals surface area contributed by atoms with Crippen LogP contribution in [0, 0.1) is 32.6 Å². The molecule has 12 aliphatic heterocycles. The molecule has 10 atom stereocenters. The number of anilines is 4. The van der Waals surface area contributed by atoms with Gasteiger partial charge < -0.3 is 49.2 Å². The fourth-order valence-corrected chi connectivity index (χ4v) is 17.3. The Kier molecular flexibility index (Phi) is 37.6. The van der Waals surface area contributed by atoms with Crippen molar-refractivity contribution in [3.63, 3.8) is 0 Å². The van der Waals surface area contributed by atoms with E-state index < -0.39 is 11.5 Å². The van der Waals surface area contributed by atoms with Gasteiger partial charge in [-0.1, -0.05) is 28.2 Å². The number of fused-ring (bicyclic) bond motifs is 10. The number of carbonyl (C=O) groups excluding carboxylic acids is 2. The van der Waals surface area contributed by atoms with Gasteiger partial charge >= 0.3 is 12.2 Å². The molecule has 592 valence electrons. The molecule has 0 aromatic carbocycles. The lowest BCUT2D eigenvalue weighted by Gasteiger charge is -2.47. The Morgan fingerprint density at radius 3 is 1.07 bits per heavy atom.